The number of hydrogen-bond donors (Lipinski definition) is 2. The maximum absolute atomic E-state index is 12.3. The Hall–Kier alpha value is -0.860. The summed E-state index contributed by atoms with van der Waals surface area (Å²) in [6, 6.07) is 0. The van der Waals surface area contributed by atoms with Gasteiger partial charge >= 0.3 is 0 Å². The summed E-state index contributed by atoms with van der Waals surface area (Å²) in [5.74, 6) is -0.299. The van der Waals surface area contributed by atoms with Crippen LogP contribution in [0.25, 0.3) is 0 Å². The van der Waals surface area contributed by atoms with Crippen molar-refractivity contribution in [2.45, 2.75) is 33.1 Å². The molecule has 9 heteroatoms. The van der Waals surface area contributed by atoms with Gasteiger partial charge in [0.2, 0.25) is 11.0 Å². The molecule has 0 bridgehead atoms. The molecular weight excluding hydrogens is 298 g/mol. The number of nitrogens with two attached hydrogens (primary N) is 1. The van der Waals surface area contributed by atoms with E-state index in [0.29, 0.717) is 24.2 Å². The van der Waals surface area contributed by atoms with E-state index < -0.39 is 16.8 Å². The van der Waals surface area contributed by atoms with Gasteiger partial charge in [-0.2, -0.15) is 0 Å². The lowest BCUT2D eigenvalue weighted by molar-refractivity contribution is -0.125. The van der Waals surface area contributed by atoms with Crippen LogP contribution in [0.5, 0.6) is 0 Å². The van der Waals surface area contributed by atoms with Crippen LogP contribution in [0, 0.1) is 5.41 Å². The Morgan fingerprint density at radius 2 is 2.00 bits per heavy atom. The summed E-state index contributed by atoms with van der Waals surface area (Å²) < 4.78 is 24.7. The van der Waals surface area contributed by atoms with E-state index >= 15 is 0 Å². The zero-order chi connectivity index (χ0) is 13.8. The van der Waals surface area contributed by atoms with Gasteiger partial charge in [0.25, 0.3) is 6.43 Å². The number of halogens is 3. The fraction of sp³-hybridized carbons (Fsp3) is 0.700. The van der Waals surface area contributed by atoms with Crippen molar-refractivity contribution in [3.8, 4) is 0 Å². The topological polar surface area (TPSA) is 80.9 Å². The van der Waals surface area contributed by atoms with Gasteiger partial charge in [-0.25, -0.2) is 8.78 Å². The fourth-order valence-electron chi connectivity index (χ4n) is 1.56. The van der Waals surface area contributed by atoms with Gasteiger partial charge < -0.3 is 5.73 Å². The van der Waals surface area contributed by atoms with Crippen molar-refractivity contribution in [2.24, 2.45) is 11.1 Å². The first-order valence-electron chi connectivity index (χ1n) is 5.62. The average Bonchev–Trinajstić information content (AvgIpc) is 2.81. The Balaban J connectivity index is 0.00000324. The van der Waals surface area contributed by atoms with Crippen molar-refractivity contribution < 1.29 is 13.6 Å². The monoisotopic (exact) mass is 314 g/mol. The van der Waals surface area contributed by atoms with E-state index in [9.17, 15) is 13.6 Å². The Morgan fingerprint density at radius 1 is 1.42 bits per heavy atom. The average molecular weight is 315 g/mol. The van der Waals surface area contributed by atoms with E-state index in [4.69, 9.17) is 5.73 Å². The summed E-state index contributed by atoms with van der Waals surface area (Å²) in [6.07, 6.45) is -1.52. The zero-order valence-corrected chi connectivity index (χ0v) is 12.3. The highest BCUT2D eigenvalue weighted by atomic mass is 35.5. The van der Waals surface area contributed by atoms with E-state index in [1.165, 1.54) is 0 Å². The summed E-state index contributed by atoms with van der Waals surface area (Å²) in [5.41, 5.74) is 4.94. The molecule has 0 fully saturated rings. The maximum atomic E-state index is 12.3. The van der Waals surface area contributed by atoms with Crippen LogP contribution < -0.4 is 11.1 Å². The maximum Gasteiger partial charge on any atom is 0.291 e. The van der Waals surface area contributed by atoms with E-state index in [1.807, 2.05) is 13.8 Å². The molecule has 19 heavy (non-hydrogen) atoms. The number of aromatic nitrogens is 2. The molecule has 0 saturated heterocycles. The SMILES string of the molecule is CCC(CC)(CN)C(=O)Nc1nnc(C(F)F)s1.Cl. The summed E-state index contributed by atoms with van der Waals surface area (Å²) in [7, 11) is 0. The highest BCUT2D eigenvalue weighted by molar-refractivity contribution is 7.15. The van der Waals surface area contributed by atoms with Crippen LogP contribution in [0.3, 0.4) is 0 Å². The standard InChI is InChI=1S/C10H16F2N4OS.ClH/c1-3-10(4-2,5-13)8(17)14-9-16-15-7(18-9)6(11)12;/h6H,3-5,13H2,1-2H3,(H,14,16,17);1H. The molecule has 1 aromatic rings. The van der Waals surface area contributed by atoms with E-state index in [0.717, 1.165) is 0 Å². The van der Waals surface area contributed by atoms with Crippen molar-refractivity contribution >= 4 is 34.8 Å². The van der Waals surface area contributed by atoms with Crippen LogP contribution in [0.4, 0.5) is 13.9 Å². The first kappa shape index (κ1) is 18.1. The number of carbonyl (C=O) groups is 1. The highest BCUT2D eigenvalue weighted by Gasteiger charge is 2.34. The molecule has 0 radical (unpaired) electrons. The summed E-state index contributed by atoms with van der Waals surface area (Å²) in [6.45, 7) is 3.92. The molecule has 110 valence electrons. The molecule has 1 aromatic heterocycles. The van der Waals surface area contributed by atoms with Gasteiger partial charge in [0.1, 0.15) is 0 Å². The molecular formula is C10H17ClF2N4OS. The third-order valence-corrected chi connectivity index (χ3v) is 3.92. The van der Waals surface area contributed by atoms with Crippen LogP contribution in [-0.2, 0) is 4.79 Å². The number of nitrogens with one attached hydrogen (secondary N) is 1. The Labute approximate surface area is 120 Å². The Morgan fingerprint density at radius 3 is 2.37 bits per heavy atom. The molecule has 0 aliphatic carbocycles. The second-order valence-corrected chi connectivity index (χ2v) is 4.90. The second-order valence-electron chi connectivity index (χ2n) is 3.89. The smallest absolute Gasteiger partial charge is 0.291 e. The summed E-state index contributed by atoms with van der Waals surface area (Å²) in [4.78, 5) is 12.1. The molecule has 1 amide bonds. The van der Waals surface area contributed by atoms with Gasteiger partial charge in [0.15, 0.2) is 5.01 Å². The number of alkyl halides is 2. The zero-order valence-electron chi connectivity index (χ0n) is 10.7. The fourth-order valence-corrected chi connectivity index (χ4v) is 2.15. The normalized spacial score (nSPS) is 11.3. The predicted molar refractivity (Wildman–Crippen MR) is 72.8 cm³/mol. The Bertz CT molecular complexity index is 404. The molecule has 0 aromatic carbocycles. The molecule has 1 heterocycles. The number of nitrogens with zero attached hydrogens (tertiary/aromatic N) is 2. The minimum atomic E-state index is -2.68. The van der Waals surface area contributed by atoms with Crippen molar-refractivity contribution in [1.29, 1.82) is 0 Å². The van der Waals surface area contributed by atoms with Gasteiger partial charge in [-0.15, -0.1) is 22.6 Å². The minimum absolute atomic E-state index is 0. The third-order valence-electron chi connectivity index (χ3n) is 3.07. The Kier molecular flexibility index (Phi) is 7.32. The highest BCUT2D eigenvalue weighted by Crippen LogP contribution is 2.29. The van der Waals surface area contributed by atoms with Gasteiger partial charge in [0.05, 0.1) is 5.41 Å². The number of amides is 1. The van der Waals surface area contributed by atoms with Gasteiger partial charge in [-0.05, 0) is 12.8 Å². The number of rotatable bonds is 6. The number of carbonyl (C=O) groups excluding carboxylic acids is 1. The molecule has 0 unspecified atom stereocenters. The molecule has 0 spiro atoms. The quantitative estimate of drug-likeness (QED) is 0.845. The number of anilines is 1. The number of hydrogen-bond acceptors (Lipinski definition) is 5. The van der Waals surface area contributed by atoms with E-state index in [2.05, 4.69) is 15.5 Å². The molecule has 0 atom stereocenters. The molecule has 0 aliphatic heterocycles. The lowest BCUT2D eigenvalue weighted by atomic mass is 9.81. The first-order valence-corrected chi connectivity index (χ1v) is 6.43. The predicted octanol–water partition coefficient (Wildman–Crippen LogP) is 2.60. The minimum Gasteiger partial charge on any atom is -0.329 e. The van der Waals surface area contributed by atoms with Crippen LogP contribution in [0.15, 0.2) is 0 Å². The van der Waals surface area contributed by atoms with Crippen molar-refractivity contribution in [3.05, 3.63) is 5.01 Å². The molecule has 0 aliphatic rings. The van der Waals surface area contributed by atoms with Gasteiger partial charge in [-0.1, -0.05) is 25.2 Å². The van der Waals surface area contributed by atoms with Crippen LogP contribution in [0.2, 0.25) is 0 Å². The molecule has 3 N–H and O–H groups in total. The first-order chi connectivity index (χ1) is 8.49. The van der Waals surface area contributed by atoms with Crippen LogP contribution in [-0.4, -0.2) is 22.6 Å². The third kappa shape index (κ3) is 4.05. The van der Waals surface area contributed by atoms with Crippen molar-refractivity contribution in [3.63, 3.8) is 0 Å². The largest absolute Gasteiger partial charge is 0.329 e. The van der Waals surface area contributed by atoms with Crippen LogP contribution in [0.1, 0.15) is 38.1 Å². The lowest BCUT2D eigenvalue weighted by Crippen LogP contribution is -2.41. The van der Waals surface area contributed by atoms with Crippen molar-refractivity contribution in [1.82, 2.24) is 10.2 Å². The van der Waals surface area contributed by atoms with E-state index in [1.54, 1.807) is 0 Å². The summed E-state index contributed by atoms with van der Waals surface area (Å²) in [5, 5.41) is 8.99. The van der Waals surface area contributed by atoms with E-state index in [-0.39, 0.29) is 30.0 Å². The lowest BCUT2D eigenvalue weighted by Gasteiger charge is -2.27. The summed E-state index contributed by atoms with van der Waals surface area (Å²) >= 11 is 0.672. The van der Waals surface area contributed by atoms with Crippen LogP contribution >= 0.6 is 23.7 Å². The van der Waals surface area contributed by atoms with Crippen molar-refractivity contribution in [2.75, 3.05) is 11.9 Å². The van der Waals surface area contributed by atoms with Gasteiger partial charge in [-0.3, -0.25) is 10.1 Å². The molecule has 1 rings (SSSR count). The molecule has 5 nitrogen and oxygen atoms in total. The molecule has 0 saturated carbocycles. The second kappa shape index (κ2) is 7.66. The van der Waals surface area contributed by atoms with Gasteiger partial charge in [0, 0.05) is 6.54 Å².